The highest BCUT2D eigenvalue weighted by molar-refractivity contribution is 7.08. The van der Waals surface area contributed by atoms with Crippen LogP contribution in [0.3, 0.4) is 0 Å². The average Bonchev–Trinajstić information content (AvgIpc) is 3.46. The van der Waals surface area contributed by atoms with Gasteiger partial charge in [0.2, 0.25) is 0 Å². The van der Waals surface area contributed by atoms with Gasteiger partial charge in [-0.15, -0.1) is 11.3 Å². The highest BCUT2D eigenvalue weighted by Gasteiger charge is 2.37. The van der Waals surface area contributed by atoms with Crippen molar-refractivity contribution in [3.63, 3.8) is 0 Å². The predicted molar refractivity (Wildman–Crippen MR) is 187 cm³/mol. The number of hydrogen-bond acceptors (Lipinski definition) is 7. The molecular weight excluding hydrogens is 636 g/mol. The van der Waals surface area contributed by atoms with Gasteiger partial charge in [-0.25, -0.2) is 9.59 Å². The number of fused-ring (bicyclic) bond motifs is 1. The number of nitrogen functional groups attached to an aromatic ring is 1. The molecule has 3 saturated heterocycles. The SMILES string of the molecule is CCc1cc(C[C@@H](OC(=O)N2CCC(N3CCc4cscc4NC3=O)CC2)C(=O)N2CCC(C3CCN(C)CC3)CC2)cc(Cl)c1N. The number of piperidine rings is 3. The number of carbonyl (C=O) groups is 3. The van der Waals surface area contributed by atoms with Crippen LogP contribution in [0.25, 0.3) is 0 Å². The number of nitrogens with one attached hydrogen (secondary N) is 1. The summed E-state index contributed by atoms with van der Waals surface area (Å²) in [5.41, 5.74) is 10.6. The smallest absolute Gasteiger partial charge is 0.410 e. The minimum Gasteiger partial charge on any atom is -0.436 e. The van der Waals surface area contributed by atoms with Crippen LogP contribution in [0, 0.1) is 11.8 Å². The zero-order chi connectivity index (χ0) is 33.1. The second-order valence-corrected chi connectivity index (χ2v) is 14.9. The monoisotopic (exact) mass is 684 g/mol. The summed E-state index contributed by atoms with van der Waals surface area (Å²) in [4.78, 5) is 48.6. The molecule has 10 nitrogen and oxygen atoms in total. The molecular formula is C35H49ClN6O4S. The zero-order valence-corrected chi connectivity index (χ0v) is 29.3. The Morgan fingerprint density at radius 1 is 0.979 bits per heavy atom. The lowest BCUT2D eigenvalue weighted by Gasteiger charge is -2.40. The molecule has 2 aromatic rings. The normalized spacial score (nSPS) is 21.3. The molecule has 0 bridgehead atoms. The van der Waals surface area contributed by atoms with E-state index in [0.29, 0.717) is 68.6 Å². The van der Waals surface area contributed by atoms with Gasteiger partial charge in [0, 0.05) is 50.6 Å². The largest absolute Gasteiger partial charge is 0.436 e. The van der Waals surface area contributed by atoms with E-state index in [1.807, 2.05) is 28.2 Å². The summed E-state index contributed by atoms with van der Waals surface area (Å²) in [7, 11) is 2.19. The quantitative estimate of drug-likeness (QED) is 0.361. The Kier molecular flexibility index (Phi) is 10.8. The maximum Gasteiger partial charge on any atom is 0.410 e. The zero-order valence-electron chi connectivity index (χ0n) is 27.7. The molecule has 0 unspecified atom stereocenters. The average molecular weight is 685 g/mol. The van der Waals surface area contributed by atoms with Crippen LogP contribution in [-0.2, 0) is 28.8 Å². The highest BCUT2D eigenvalue weighted by Crippen LogP contribution is 2.33. The first-order valence-corrected chi connectivity index (χ1v) is 18.6. The predicted octanol–water partition coefficient (Wildman–Crippen LogP) is 5.73. The van der Waals surface area contributed by atoms with Crippen molar-refractivity contribution in [1.82, 2.24) is 19.6 Å². The molecule has 0 spiro atoms. The fourth-order valence-electron chi connectivity index (χ4n) is 7.90. The summed E-state index contributed by atoms with van der Waals surface area (Å²) < 4.78 is 6.09. The first-order chi connectivity index (χ1) is 22.7. The number of hydrogen-bond donors (Lipinski definition) is 2. The van der Waals surface area contributed by atoms with Crippen LogP contribution >= 0.6 is 22.9 Å². The van der Waals surface area contributed by atoms with Crippen LogP contribution in [0.2, 0.25) is 5.02 Å². The summed E-state index contributed by atoms with van der Waals surface area (Å²) in [5, 5.41) is 7.57. The van der Waals surface area contributed by atoms with Gasteiger partial charge in [-0.1, -0.05) is 24.6 Å². The van der Waals surface area contributed by atoms with Crippen LogP contribution in [0.4, 0.5) is 21.0 Å². The van der Waals surface area contributed by atoms with Crippen molar-refractivity contribution < 1.29 is 19.1 Å². The van der Waals surface area contributed by atoms with Gasteiger partial charge < -0.3 is 35.4 Å². The lowest BCUT2D eigenvalue weighted by molar-refractivity contribution is -0.142. The number of anilines is 2. The van der Waals surface area contributed by atoms with E-state index in [9.17, 15) is 14.4 Å². The number of urea groups is 1. The van der Waals surface area contributed by atoms with Crippen LogP contribution in [0.15, 0.2) is 22.9 Å². The topological polar surface area (TPSA) is 111 Å². The van der Waals surface area contributed by atoms with Gasteiger partial charge >= 0.3 is 12.1 Å². The van der Waals surface area contributed by atoms with Crippen molar-refractivity contribution in [1.29, 1.82) is 0 Å². The van der Waals surface area contributed by atoms with E-state index in [4.69, 9.17) is 22.1 Å². The molecule has 12 heteroatoms. The number of nitrogens with two attached hydrogens (primary N) is 1. The maximum absolute atomic E-state index is 14.1. The third kappa shape index (κ3) is 7.84. The molecule has 1 atom stereocenters. The Labute approximate surface area is 287 Å². The van der Waals surface area contributed by atoms with Gasteiger partial charge in [-0.2, -0.15) is 0 Å². The summed E-state index contributed by atoms with van der Waals surface area (Å²) >= 11 is 8.08. The molecule has 4 aliphatic heterocycles. The van der Waals surface area contributed by atoms with E-state index in [0.717, 1.165) is 55.1 Å². The number of rotatable bonds is 7. The Hall–Kier alpha value is -3.02. The Morgan fingerprint density at radius 2 is 1.64 bits per heavy atom. The number of aryl methyl sites for hydroxylation is 1. The molecule has 47 heavy (non-hydrogen) atoms. The van der Waals surface area contributed by atoms with E-state index in [1.54, 1.807) is 22.3 Å². The van der Waals surface area contributed by atoms with Crippen LogP contribution in [-0.4, -0.2) is 103 Å². The molecule has 3 fully saturated rings. The van der Waals surface area contributed by atoms with Crippen molar-refractivity contribution in [2.24, 2.45) is 11.8 Å². The fraction of sp³-hybridized carbons (Fsp3) is 0.629. The second kappa shape index (κ2) is 15.0. The van der Waals surface area contributed by atoms with Crippen LogP contribution in [0.1, 0.15) is 62.1 Å². The molecule has 0 radical (unpaired) electrons. The summed E-state index contributed by atoms with van der Waals surface area (Å²) in [6, 6.07) is 3.72. The number of ether oxygens (including phenoxy) is 1. The number of carbonyl (C=O) groups excluding carboxylic acids is 3. The summed E-state index contributed by atoms with van der Waals surface area (Å²) in [5.74, 6) is 1.21. The number of amides is 4. The van der Waals surface area contributed by atoms with Crippen molar-refractivity contribution in [3.8, 4) is 0 Å². The fourth-order valence-corrected chi connectivity index (χ4v) is 8.98. The molecule has 5 heterocycles. The second-order valence-electron chi connectivity index (χ2n) is 13.8. The molecule has 1 aromatic heterocycles. The number of nitrogens with zero attached hydrogens (tertiary/aromatic N) is 4. The number of benzene rings is 1. The molecule has 1 aromatic carbocycles. The Bertz CT molecular complexity index is 1430. The van der Waals surface area contributed by atoms with E-state index in [2.05, 4.69) is 22.6 Å². The molecule has 256 valence electrons. The van der Waals surface area contributed by atoms with Crippen molar-refractivity contribution in [2.75, 3.05) is 63.9 Å². The Morgan fingerprint density at radius 3 is 2.32 bits per heavy atom. The summed E-state index contributed by atoms with van der Waals surface area (Å²) in [6.07, 6.45) is 6.05. The van der Waals surface area contributed by atoms with Crippen molar-refractivity contribution >= 4 is 52.3 Å². The van der Waals surface area contributed by atoms with E-state index in [1.165, 1.54) is 18.4 Å². The first kappa shape index (κ1) is 33.9. The highest BCUT2D eigenvalue weighted by atomic mass is 35.5. The number of halogens is 1. The van der Waals surface area contributed by atoms with Gasteiger partial charge in [0.05, 0.1) is 16.4 Å². The van der Waals surface area contributed by atoms with Crippen LogP contribution < -0.4 is 11.1 Å². The molecule has 3 N–H and O–H groups in total. The minimum atomic E-state index is -0.959. The van der Waals surface area contributed by atoms with E-state index in [-0.39, 0.29) is 24.4 Å². The molecule has 4 amide bonds. The standard InChI is InChI=1S/C35H49ClN6O4S/c1-3-24-18-23(19-29(36)32(24)37)20-31(33(43)40-13-6-26(7-14-40)25-4-11-39(2)12-5-25)46-35(45)41-15-9-28(10-16-41)42-17-8-27-21-47-22-30(27)38-34(42)44/h18-19,21-22,25-26,28,31H,3-17,20,37H2,1-2H3,(H,38,44)/t31-/m1/s1. The lowest BCUT2D eigenvalue weighted by Crippen LogP contribution is -2.52. The van der Waals surface area contributed by atoms with E-state index >= 15 is 0 Å². The van der Waals surface area contributed by atoms with Gasteiger partial charge in [-0.3, -0.25) is 4.79 Å². The van der Waals surface area contributed by atoms with Gasteiger partial charge in [-0.05, 0) is 111 Å². The third-order valence-corrected chi connectivity index (χ3v) is 12.0. The molecule has 0 aliphatic carbocycles. The number of thiophene rings is 1. The van der Waals surface area contributed by atoms with Crippen LogP contribution in [0.5, 0.6) is 0 Å². The lowest BCUT2D eigenvalue weighted by atomic mass is 9.79. The molecule has 6 rings (SSSR count). The van der Waals surface area contributed by atoms with E-state index < -0.39 is 12.2 Å². The van der Waals surface area contributed by atoms with Gasteiger partial charge in [0.25, 0.3) is 5.91 Å². The van der Waals surface area contributed by atoms with Crippen molar-refractivity contribution in [3.05, 3.63) is 44.6 Å². The third-order valence-electron chi connectivity index (χ3n) is 10.9. The molecule has 4 aliphatic rings. The number of likely N-dealkylation sites (tertiary alicyclic amines) is 3. The van der Waals surface area contributed by atoms with Gasteiger partial charge in [0.15, 0.2) is 6.10 Å². The summed E-state index contributed by atoms with van der Waals surface area (Å²) in [6.45, 7) is 7.25. The first-order valence-electron chi connectivity index (χ1n) is 17.3. The maximum atomic E-state index is 14.1. The molecule has 0 saturated carbocycles. The van der Waals surface area contributed by atoms with Gasteiger partial charge in [0.1, 0.15) is 0 Å². The Balaban J connectivity index is 1.09. The van der Waals surface area contributed by atoms with Crippen molar-refractivity contribution in [2.45, 2.75) is 76.9 Å². The minimum absolute atomic E-state index is 0.0411.